The summed E-state index contributed by atoms with van der Waals surface area (Å²) in [4.78, 5) is 16.2. The van der Waals surface area contributed by atoms with E-state index in [-0.39, 0.29) is 5.91 Å². The summed E-state index contributed by atoms with van der Waals surface area (Å²) in [5.74, 6) is 0.548. The fraction of sp³-hybridized carbons (Fsp3) is 0.333. The number of thiazole rings is 1. The number of anilines is 2. The molecule has 5 heteroatoms. The summed E-state index contributed by atoms with van der Waals surface area (Å²) in [5.41, 5.74) is 8.26. The largest absolute Gasteiger partial charge is 0.399 e. The molecule has 0 fully saturated rings. The number of hydrogen-bond donors (Lipinski definition) is 2. The van der Waals surface area contributed by atoms with Crippen molar-refractivity contribution in [3.63, 3.8) is 0 Å². The molecule has 20 heavy (non-hydrogen) atoms. The fourth-order valence-corrected chi connectivity index (χ4v) is 2.50. The van der Waals surface area contributed by atoms with Crippen LogP contribution in [0.2, 0.25) is 0 Å². The summed E-state index contributed by atoms with van der Waals surface area (Å²) in [7, 11) is 0. The van der Waals surface area contributed by atoms with E-state index in [4.69, 9.17) is 5.73 Å². The summed E-state index contributed by atoms with van der Waals surface area (Å²) >= 11 is 1.43. The highest BCUT2D eigenvalue weighted by Crippen LogP contribution is 2.26. The number of amides is 1. The molecule has 1 amide bonds. The molecule has 1 aromatic carbocycles. The summed E-state index contributed by atoms with van der Waals surface area (Å²) in [6, 6.07) is 7.56. The van der Waals surface area contributed by atoms with E-state index in [0.717, 1.165) is 17.7 Å². The van der Waals surface area contributed by atoms with E-state index < -0.39 is 0 Å². The molecule has 0 radical (unpaired) electrons. The maximum absolute atomic E-state index is 11.8. The molecule has 0 bridgehead atoms. The van der Waals surface area contributed by atoms with Gasteiger partial charge >= 0.3 is 0 Å². The minimum atomic E-state index is 0.0205. The Hall–Kier alpha value is -1.88. The van der Waals surface area contributed by atoms with Gasteiger partial charge in [0.25, 0.3) is 0 Å². The van der Waals surface area contributed by atoms with Gasteiger partial charge in [0, 0.05) is 23.1 Å². The number of aromatic nitrogens is 1. The number of nitrogen functional groups attached to an aromatic ring is 1. The zero-order valence-corrected chi connectivity index (χ0v) is 12.5. The van der Waals surface area contributed by atoms with Crippen LogP contribution in [0.5, 0.6) is 0 Å². The molecule has 3 N–H and O–H groups in total. The van der Waals surface area contributed by atoms with Gasteiger partial charge < -0.3 is 11.1 Å². The van der Waals surface area contributed by atoms with Crippen LogP contribution in [0.3, 0.4) is 0 Å². The standard InChI is InChI=1S/C15H19N3OS/c1-10(2)6-7-14(19)18-15-17-13(9-20-15)11-4-3-5-12(16)8-11/h3-5,8-10H,6-7,16H2,1-2H3,(H,17,18,19). The zero-order valence-electron chi connectivity index (χ0n) is 11.7. The van der Waals surface area contributed by atoms with Gasteiger partial charge in [0.15, 0.2) is 5.13 Å². The van der Waals surface area contributed by atoms with Gasteiger partial charge in [-0.05, 0) is 24.5 Å². The number of benzene rings is 1. The molecule has 0 aliphatic heterocycles. The van der Waals surface area contributed by atoms with Crippen molar-refractivity contribution in [2.75, 3.05) is 11.1 Å². The van der Waals surface area contributed by atoms with Crippen molar-refractivity contribution in [1.82, 2.24) is 4.98 Å². The van der Waals surface area contributed by atoms with Crippen molar-refractivity contribution in [2.24, 2.45) is 5.92 Å². The first kappa shape index (κ1) is 14.5. The predicted octanol–water partition coefficient (Wildman–Crippen LogP) is 3.77. The average molecular weight is 289 g/mol. The molecule has 0 unspecified atom stereocenters. The highest BCUT2D eigenvalue weighted by Gasteiger charge is 2.08. The Morgan fingerprint density at radius 2 is 2.25 bits per heavy atom. The molecule has 0 saturated heterocycles. The van der Waals surface area contributed by atoms with Gasteiger partial charge in [-0.3, -0.25) is 4.79 Å². The second kappa shape index (κ2) is 6.52. The highest BCUT2D eigenvalue weighted by atomic mass is 32.1. The van der Waals surface area contributed by atoms with Crippen LogP contribution in [0.15, 0.2) is 29.6 Å². The molecule has 2 aromatic rings. The number of hydrogen-bond acceptors (Lipinski definition) is 4. The third-order valence-corrected chi connectivity index (χ3v) is 3.64. The summed E-state index contributed by atoms with van der Waals surface area (Å²) < 4.78 is 0. The van der Waals surface area contributed by atoms with Crippen LogP contribution in [-0.2, 0) is 4.79 Å². The summed E-state index contributed by atoms with van der Waals surface area (Å²) in [6.45, 7) is 4.21. The second-order valence-electron chi connectivity index (χ2n) is 5.14. The van der Waals surface area contributed by atoms with Gasteiger partial charge in [-0.2, -0.15) is 0 Å². The molecule has 4 nitrogen and oxygen atoms in total. The fourth-order valence-electron chi connectivity index (χ4n) is 1.76. The van der Waals surface area contributed by atoms with Gasteiger partial charge in [0.2, 0.25) is 5.91 Å². The Bertz CT molecular complexity index is 592. The second-order valence-corrected chi connectivity index (χ2v) is 6.00. The first-order valence-corrected chi connectivity index (χ1v) is 7.54. The van der Waals surface area contributed by atoms with Crippen LogP contribution in [0.4, 0.5) is 10.8 Å². The van der Waals surface area contributed by atoms with E-state index in [0.29, 0.717) is 23.2 Å². The van der Waals surface area contributed by atoms with Gasteiger partial charge in [-0.1, -0.05) is 26.0 Å². The van der Waals surface area contributed by atoms with Crippen LogP contribution in [-0.4, -0.2) is 10.9 Å². The van der Waals surface area contributed by atoms with E-state index in [1.165, 1.54) is 11.3 Å². The minimum absolute atomic E-state index is 0.0205. The third-order valence-electron chi connectivity index (χ3n) is 2.88. The molecule has 1 heterocycles. The lowest BCUT2D eigenvalue weighted by atomic mass is 10.1. The van der Waals surface area contributed by atoms with E-state index in [9.17, 15) is 4.79 Å². The predicted molar refractivity (Wildman–Crippen MR) is 84.7 cm³/mol. The lowest BCUT2D eigenvalue weighted by Gasteiger charge is -2.04. The lowest BCUT2D eigenvalue weighted by molar-refractivity contribution is -0.116. The van der Waals surface area contributed by atoms with Crippen molar-refractivity contribution in [1.29, 1.82) is 0 Å². The van der Waals surface area contributed by atoms with E-state index in [1.54, 1.807) is 0 Å². The maximum atomic E-state index is 11.8. The first-order chi connectivity index (χ1) is 9.54. The number of rotatable bonds is 5. The number of nitrogens with two attached hydrogens (primary N) is 1. The van der Waals surface area contributed by atoms with E-state index in [2.05, 4.69) is 24.1 Å². The van der Waals surface area contributed by atoms with Crippen LogP contribution in [0.25, 0.3) is 11.3 Å². The SMILES string of the molecule is CC(C)CCC(=O)Nc1nc(-c2cccc(N)c2)cs1. The van der Waals surface area contributed by atoms with Crippen molar-refractivity contribution < 1.29 is 4.79 Å². The first-order valence-electron chi connectivity index (χ1n) is 6.66. The molecule has 1 aromatic heterocycles. The number of nitrogens with one attached hydrogen (secondary N) is 1. The molecule has 106 valence electrons. The lowest BCUT2D eigenvalue weighted by Crippen LogP contribution is -2.11. The van der Waals surface area contributed by atoms with Crippen LogP contribution >= 0.6 is 11.3 Å². The van der Waals surface area contributed by atoms with E-state index >= 15 is 0 Å². The molecule has 0 aliphatic carbocycles. The normalized spacial score (nSPS) is 10.8. The molecular formula is C15H19N3OS. The minimum Gasteiger partial charge on any atom is -0.399 e. The Morgan fingerprint density at radius 1 is 1.45 bits per heavy atom. The Labute approximate surface area is 123 Å². The van der Waals surface area contributed by atoms with Crippen molar-refractivity contribution in [2.45, 2.75) is 26.7 Å². The topological polar surface area (TPSA) is 68.0 Å². The molecule has 2 rings (SSSR count). The van der Waals surface area contributed by atoms with Gasteiger partial charge in [0.05, 0.1) is 5.69 Å². The number of nitrogens with zero attached hydrogens (tertiary/aromatic N) is 1. The van der Waals surface area contributed by atoms with Gasteiger partial charge in [-0.15, -0.1) is 11.3 Å². The third kappa shape index (κ3) is 4.06. The maximum Gasteiger partial charge on any atom is 0.226 e. The average Bonchev–Trinajstić information content (AvgIpc) is 2.85. The van der Waals surface area contributed by atoms with Crippen molar-refractivity contribution >= 4 is 28.1 Å². The highest BCUT2D eigenvalue weighted by molar-refractivity contribution is 7.14. The van der Waals surface area contributed by atoms with Crippen molar-refractivity contribution in [3.05, 3.63) is 29.6 Å². The molecule has 0 saturated carbocycles. The Kier molecular flexibility index (Phi) is 4.74. The van der Waals surface area contributed by atoms with Crippen molar-refractivity contribution in [3.8, 4) is 11.3 Å². The van der Waals surface area contributed by atoms with Gasteiger partial charge in [-0.25, -0.2) is 4.98 Å². The summed E-state index contributed by atoms with van der Waals surface area (Å²) in [5, 5.41) is 5.40. The Balaban J connectivity index is 2.00. The quantitative estimate of drug-likeness (QED) is 0.823. The molecular weight excluding hydrogens is 270 g/mol. The molecule has 0 aliphatic rings. The smallest absolute Gasteiger partial charge is 0.226 e. The van der Waals surface area contributed by atoms with Crippen LogP contribution in [0.1, 0.15) is 26.7 Å². The molecule has 0 spiro atoms. The zero-order chi connectivity index (χ0) is 14.5. The van der Waals surface area contributed by atoms with E-state index in [1.807, 2.05) is 29.6 Å². The van der Waals surface area contributed by atoms with Crippen LogP contribution < -0.4 is 11.1 Å². The van der Waals surface area contributed by atoms with Gasteiger partial charge in [0.1, 0.15) is 0 Å². The number of carbonyl (C=O) groups is 1. The Morgan fingerprint density at radius 3 is 2.95 bits per heavy atom. The summed E-state index contributed by atoms with van der Waals surface area (Å²) in [6.07, 6.45) is 1.42. The monoisotopic (exact) mass is 289 g/mol. The van der Waals surface area contributed by atoms with Crippen LogP contribution in [0, 0.1) is 5.92 Å². The number of carbonyl (C=O) groups excluding carboxylic acids is 1. The molecule has 0 atom stereocenters.